The van der Waals surface area contributed by atoms with Crippen LogP contribution in [-0.4, -0.2) is 23.1 Å². The highest BCUT2D eigenvalue weighted by atomic mass is 19.4. The van der Waals surface area contributed by atoms with Crippen molar-refractivity contribution in [3.8, 4) is 17.1 Å². The minimum atomic E-state index is -5.01. The van der Waals surface area contributed by atoms with Crippen molar-refractivity contribution in [2.45, 2.75) is 52.0 Å². The SMILES string of the molecule is CCC(CC)Nc1nc(C)c(-c2ccc(C(F)(F)F)cc2C(F)(F)F)nc1OC. The van der Waals surface area contributed by atoms with Crippen LogP contribution >= 0.6 is 0 Å². The number of nitrogens with one attached hydrogen (secondary N) is 1. The number of benzene rings is 1. The summed E-state index contributed by atoms with van der Waals surface area (Å²) in [6.45, 7) is 5.36. The maximum absolute atomic E-state index is 13.5. The average Bonchev–Trinajstić information content (AvgIpc) is 2.64. The van der Waals surface area contributed by atoms with Gasteiger partial charge in [0.05, 0.1) is 29.6 Å². The molecule has 160 valence electrons. The summed E-state index contributed by atoms with van der Waals surface area (Å²) in [5.74, 6) is 0.230. The summed E-state index contributed by atoms with van der Waals surface area (Å²) in [5, 5.41) is 3.12. The summed E-state index contributed by atoms with van der Waals surface area (Å²) in [7, 11) is 1.29. The molecule has 10 heteroatoms. The number of ether oxygens (including phenoxy) is 1. The second-order valence-corrected chi connectivity index (χ2v) is 6.43. The van der Waals surface area contributed by atoms with Gasteiger partial charge >= 0.3 is 12.4 Å². The predicted octanol–water partition coefficient (Wildman–Crippen LogP) is 6.10. The van der Waals surface area contributed by atoms with Crippen LogP contribution in [0.4, 0.5) is 32.2 Å². The van der Waals surface area contributed by atoms with Crippen molar-refractivity contribution in [3.05, 3.63) is 35.0 Å². The molecular weight excluding hydrogens is 400 g/mol. The molecule has 0 bridgehead atoms. The summed E-state index contributed by atoms with van der Waals surface area (Å²) >= 11 is 0. The Morgan fingerprint density at radius 1 is 1.00 bits per heavy atom. The smallest absolute Gasteiger partial charge is 0.417 e. The molecule has 1 heterocycles. The van der Waals surface area contributed by atoms with Crippen molar-refractivity contribution in [1.82, 2.24) is 9.97 Å². The number of alkyl halides is 6. The van der Waals surface area contributed by atoms with E-state index >= 15 is 0 Å². The molecule has 0 saturated heterocycles. The van der Waals surface area contributed by atoms with E-state index < -0.39 is 29.0 Å². The van der Waals surface area contributed by atoms with Crippen LogP contribution in [-0.2, 0) is 12.4 Å². The van der Waals surface area contributed by atoms with Crippen LogP contribution in [0.3, 0.4) is 0 Å². The summed E-state index contributed by atoms with van der Waals surface area (Å²) in [6.07, 6.45) is -8.36. The molecule has 0 unspecified atom stereocenters. The fraction of sp³-hybridized carbons (Fsp3) is 0.474. The fourth-order valence-electron chi connectivity index (χ4n) is 2.84. The van der Waals surface area contributed by atoms with E-state index in [0.717, 1.165) is 18.9 Å². The first-order valence-electron chi connectivity index (χ1n) is 8.90. The second kappa shape index (κ2) is 8.46. The number of aromatic nitrogens is 2. The Hall–Kier alpha value is -2.52. The third-order valence-electron chi connectivity index (χ3n) is 4.47. The van der Waals surface area contributed by atoms with Gasteiger partial charge in [-0.1, -0.05) is 19.9 Å². The zero-order valence-electron chi connectivity index (χ0n) is 16.3. The third-order valence-corrected chi connectivity index (χ3v) is 4.47. The molecule has 1 N–H and O–H groups in total. The molecule has 0 aliphatic carbocycles. The molecule has 2 rings (SSSR count). The number of nitrogens with zero attached hydrogens (tertiary/aromatic N) is 2. The normalized spacial score (nSPS) is 12.4. The molecule has 2 aromatic rings. The summed E-state index contributed by atoms with van der Waals surface area (Å²) in [5.41, 5.74) is -3.39. The van der Waals surface area contributed by atoms with Gasteiger partial charge in [-0.25, -0.2) is 9.97 Å². The molecule has 0 aliphatic heterocycles. The number of halogens is 6. The average molecular weight is 421 g/mol. The Kier molecular flexibility index (Phi) is 6.64. The third kappa shape index (κ3) is 5.10. The van der Waals surface area contributed by atoms with Crippen LogP contribution in [0.2, 0.25) is 0 Å². The van der Waals surface area contributed by atoms with Crippen molar-refractivity contribution in [2.24, 2.45) is 0 Å². The highest BCUT2D eigenvalue weighted by Gasteiger charge is 2.39. The van der Waals surface area contributed by atoms with E-state index in [-0.39, 0.29) is 35.2 Å². The largest absolute Gasteiger partial charge is 0.478 e. The van der Waals surface area contributed by atoms with E-state index in [4.69, 9.17) is 4.74 Å². The van der Waals surface area contributed by atoms with Crippen molar-refractivity contribution >= 4 is 5.82 Å². The first-order chi connectivity index (χ1) is 13.4. The van der Waals surface area contributed by atoms with E-state index in [0.29, 0.717) is 6.07 Å². The monoisotopic (exact) mass is 421 g/mol. The molecule has 0 atom stereocenters. The van der Waals surface area contributed by atoms with Gasteiger partial charge in [-0.05, 0) is 31.9 Å². The molecule has 1 aromatic carbocycles. The van der Waals surface area contributed by atoms with Gasteiger partial charge in [0.25, 0.3) is 5.88 Å². The number of aryl methyl sites for hydroxylation is 1. The first kappa shape index (κ1) is 22.8. The number of methoxy groups -OCH3 is 1. The Bertz CT molecular complexity index is 860. The lowest BCUT2D eigenvalue weighted by atomic mass is 9.99. The minimum Gasteiger partial charge on any atom is -0.478 e. The fourth-order valence-corrected chi connectivity index (χ4v) is 2.84. The summed E-state index contributed by atoms with van der Waals surface area (Å²) in [4.78, 5) is 8.38. The second-order valence-electron chi connectivity index (χ2n) is 6.43. The first-order valence-corrected chi connectivity index (χ1v) is 8.90. The Morgan fingerprint density at radius 3 is 2.10 bits per heavy atom. The van der Waals surface area contributed by atoms with E-state index in [9.17, 15) is 26.3 Å². The molecular formula is C19H21F6N3O. The number of hydrogen-bond acceptors (Lipinski definition) is 4. The van der Waals surface area contributed by atoms with Crippen LogP contribution in [0, 0.1) is 6.92 Å². The predicted molar refractivity (Wildman–Crippen MR) is 96.8 cm³/mol. The van der Waals surface area contributed by atoms with Crippen LogP contribution in [0.15, 0.2) is 18.2 Å². The van der Waals surface area contributed by atoms with Crippen molar-refractivity contribution in [2.75, 3.05) is 12.4 Å². The van der Waals surface area contributed by atoms with Gasteiger partial charge in [0, 0.05) is 11.6 Å². The van der Waals surface area contributed by atoms with Gasteiger partial charge in [-0.2, -0.15) is 26.3 Å². The lowest BCUT2D eigenvalue weighted by Crippen LogP contribution is -2.19. The molecule has 0 fully saturated rings. The molecule has 0 amide bonds. The van der Waals surface area contributed by atoms with E-state index in [2.05, 4.69) is 15.3 Å². The maximum atomic E-state index is 13.5. The topological polar surface area (TPSA) is 47.0 Å². The van der Waals surface area contributed by atoms with E-state index in [1.54, 1.807) is 0 Å². The number of rotatable bonds is 6. The van der Waals surface area contributed by atoms with Crippen molar-refractivity contribution in [1.29, 1.82) is 0 Å². The lowest BCUT2D eigenvalue weighted by molar-refractivity contribution is -0.142. The molecule has 0 aliphatic rings. The number of hydrogen-bond donors (Lipinski definition) is 1. The Morgan fingerprint density at radius 2 is 1.62 bits per heavy atom. The van der Waals surface area contributed by atoms with Gasteiger partial charge < -0.3 is 10.1 Å². The maximum Gasteiger partial charge on any atom is 0.417 e. The van der Waals surface area contributed by atoms with Crippen LogP contribution in [0.5, 0.6) is 5.88 Å². The highest BCUT2D eigenvalue weighted by molar-refractivity contribution is 5.69. The van der Waals surface area contributed by atoms with Gasteiger partial charge in [0.1, 0.15) is 0 Å². The Labute approximate surface area is 164 Å². The van der Waals surface area contributed by atoms with Crippen molar-refractivity contribution in [3.63, 3.8) is 0 Å². The number of anilines is 1. The zero-order chi connectivity index (χ0) is 22.0. The zero-order valence-corrected chi connectivity index (χ0v) is 16.3. The molecule has 29 heavy (non-hydrogen) atoms. The Balaban J connectivity index is 2.65. The van der Waals surface area contributed by atoms with Gasteiger partial charge in [0.2, 0.25) is 0 Å². The van der Waals surface area contributed by atoms with Crippen LogP contribution in [0.1, 0.15) is 43.5 Å². The van der Waals surface area contributed by atoms with Crippen LogP contribution < -0.4 is 10.1 Å². The van der Waals surface area contributed by atoms with Gasteiger partial charge in [-0.15, -0.1) is 0 Å². The van der Waals surface area contributed by atoms with Crippen LogP contribution in [0.25, 0.3) is 11.3 Å². The van der Waals surface area contributed by atoms with Gasteiger partial charge in [0.15, 0.2) is 5.82 Å². The molecule has 1 aromatic heterocycles. The summed E-state index contributed by atoms with van der Waals surface area (Å²) in [6, 6.07) is 1.49. The molecule has 4 nitrogen and oxygen atoms in total. The van der Waals surface area contributed by atoms with Crippen molar-refractivity contribution < 1.29 is 31.1 Å². The highest BCUT2D eigenvalue weighted by Crippen LogP contribution is 2.41. The molecule has 0 radical (unpaired) electrons. The quantitative estimate of drug-likeness (QED) is 0.573. The van der Waals surface area contributed by atoms with E-state index in [1.165, 1.54) is 14.0 Å². The molecule has 0 spiro atoms. The molecule has 0 saturated carbocycles. The lowest BCUT2D eigenvalue weighted by Gasteiger charge is -2.20. The van der Waals surface area contributed by atoms with Gasteiger partial charge in [-0.3, -0.25) is 0 Å². The standard InChI is InChI=1S/C19H21F6N3O/c1-5-12(6-2)27-16-17(29-4)28-15(10(3)26-16)13-8-7-11(18(20,21)22)9-14(13)19(23,24)25/h7-9,12H,5-6H2,1-4H3,(H,26,27). The summed E-state index contributed by atoms with van der Waals surface area (Å²) < 4.78 is 84.4. The van der Waals surface area contributed by atoms with E-state index in [1.807, 2.05) is 13.8 Å². The minimum absolute atomic E-state index is 0.0366.